The Bertz CT molecular complexity index is 398. The molecule has 0 saturated heterocycles. The molecule has 0 aliphatic rings. The van der Waals surface area contributed by atoms with E-state index in [0.29, 0.717) is 17.8 Å². The molecule has 7 heteroatoms. The zero-order valence-corrected chi connectivity index (χ0v) is 10.1. The number of nitrogens with zero attached hydrogens (tertiary/aromatic N) is 3. The highest BCUT2D eigenvalue weighted by atomic mass is 79.9. The third kappa shape index (κ3) is 4.37. The normalized spacial score (nSPS) is 9.56. The Balaban J connectivity index is 2.18. The van der Waals surface area contributed by atoms with Crippen LogP contribution in [-0.4, -0.2) is 19.0 Å². The van der Waals surface area contributed by atoms with Crippen molar-refractivity contribution in [3.63, 3.8) is 0 Å². The maximum atomic E-state index is 11.4. The Morgan fingerprint density at radius 1 is 1.56 bits per heavy atom. The number of unbranched alkanes of at least 4 members (excludes halogenated alkanes) is 1. The summed E-state index contributed by atoms with van der Waals surface area (Å²) in [6.45, 7) is 0.997. The summed E-state index contributed by atoms with van der Waals surface area (Å²) in [5.41, 5.74) is 8.03. The molecule has 16 heavy (non-hydrogen) atoms. The van der Waals surface area contributed by atoms with E-state index in [1.807, 2.05) is 0 Å². The van der Waals surface area contributed by atoms with E-state index in [2.05, 4.69) is 31.3 Å². The average molecular weight is 287 g/mol. The minimum absolute atomic E-state index is 0.241. The van der Waals surface area contributed by atoms with Gasteiger partial charge in [0, 0.05) is 18.0 Å². The first-order valence-electron chi connectivity index (χ1n) is 4.78. The van der Waals surface area contributed by atoms with Gasteiger partial charge in [0.05, 0.1) is 0 Å². The smallest absolute Gasteiger partial charge is 0.287 e. The van der Waals surface area contributed by atoms with Gasteiger partial charge in [0.15, 0.2) is 10.4 Å². The lowest BCUT2D eigenvalue weighted by Gasteiger charge is -2.01. The predicted octanol–water partition coefficient (Wildman–Crippen LogP) is 2.86. The maximum absolute atomic E-state index is 11.4. The van der Waals surface area contributed by atoms with Crippen molar-refractivity contribution in [2.45, 2.75) is 12.8 Å². The number of azide groups is 1. The fraction of sp³-hybridized carbons (Fsp3) is 0.444. The van der Waals surface area contributed by atoms with Crippen LogP contribution in [0.1, 0.15) is 23.4 Å². The molecule has 1 N–H and O–H groups in total. The first-order valence-corrected chi connectivity index (χ1v) is 5.57. The van der Waals surface area contributed by atoms with Crippen LogP contribution in [0.4, 0.5) is 0 Å². The second-order valence-corrected chi connectivity index (χ2v) is 3.80. The number of hydrogen-bond acceptors (Lipinski definition) is 3. The molecule has 0 aliphatic carbocycles. The molecule has 6 nitrogen and oxygen atoms in total. The number of rotatable bonds is 6. The van der Waals surface area contributed by atoms with Gasteiger partial charge in [-0.15, -0.1) is 0 Å². The molecule has 0 saturated carbocycles. The van der Waals surface area contributed by atoms with E-state index in [4.69, 9.17) is 9.95 Å². The third-order valence-corrected chi connectivity index (χ3v) is 2.26. The number of amides is 1. The first-order chi connectivity index (χ1) is 7.74. The van der Waals surface area contributed by atoms with Gasteiger partial charge in [-0.3, -0.25) is 4.79 Å². The minimum atomic E-state index is -0.241. The van der Waals surface area contributed by atoms with Crippen LogP contribution in [0.25, 0.3) is 10.4 Å². The predicted molar refractivity (Wildman–Crippen MR) is 62.0 cm³/mol. The van der Waals surface area contributed by atoms with E-state index in [1.54, 1.807) is 12.1 Å². The fourth-order valence-electron chi connectivity index (χ4n) is 1.08. The SMILES string of the molecule is [N-]=[N+]=NCCCCNC(=O)c1ccc(Br)o1. The molecule has 0 spiro atoms. The van der Waals surface area contributed by atoms with Crippen LogP contribution >= 0.6 is 15.9 Å². The molecule has 1 heterocycles. The Kier molecular flexibility index (Phi) is 5.45. The average Bonchev–Trinajstić information content (AvgIpc) is 2.70. The fourth-order valence-corrected chi connectivity index (χ4v) is 1.38. The van der Waals surface area contributed by atoms with Crippen molar-refractivity contribution < 1.29 is 9.21 Å². The zero-order valence-electron chi connectivity index (χ0n) is 8.52. The van der Waals surface area contributed by atoms with Gasteiger partial charge in [-0.05, 0) is 46.4 Å². The molecular formula is C9H11BrN4O2. The molecule has 0 fully saturated rings. The number of halogens is 1. The Hall–Kier alpha value is -1.46. The van der Waals surface area contributed by atoms with Gasteiger partial charge >= 0.3 is 0 Å². The number of nitrogens with one attached hydrogen (secondary N) is 1. The van der Waals surface area contributed by atoms with E-state index in [-0.39, 0.29) is 11.7 Å². The molecule has 0 radical (unpaired) electrons. The summed E-state index contributed by atoms with van der Waals surface area (Å²) in [6, 6.07) is 3.26. The summed E-state index contributed by atoms with van der Waals surface area (Å²) in [4.78, 5) is 14.1. The third-order valence-electron chi connectivity index (χ3n) is 1.83. The van der Waals surface area contributed by atoms with Gasteiger partial charge < -0.3 is 9.73 Å². The molecule has 1 amide bonds. The molecule has 0 aromatic carbocycles. The van der Waals surface area contributed by atoms with Crippen molar-refractivity contribution in [3.8, 4) is 0 Å². The second-order valence-electron chi connectivity index (χ2n) is 3.02. The van der Waals surface area contributed by atoms with Crippen LogP contribution in [0.5, 0.6) is 0 Å². The highest BCUT2D eigenvalue weighted by Crippen LogP contribution is 2.13. The number of carbonyl (C=O) groups excluding carboxylic acids is 1. The maximum Gasteiger partial charge on any atom is 0.287 e. The van der Waals surface area contributed by atoms with Crippen molar-refractivity contribution >= 4 is 21.8 Å². The van der Waals surface area contributed by atoms with E-state index in [0.717, 1.165) is 12.8 Å². The second kappa shape index (κ2) is 6.92. The van der Waals surface area contributed by atoms with E-state index < -0.39 is 0 Å². The van der Waals surface area contributed by atoms with Gasteiger partial charge in [0.25, 0.3) is 5.91 Å². The van der Waals surface area contributed by atoms with Crippen LogP contribution in [0.15, 0.2) is 26.3 Å². The number of furan rings is 1. The lowest BCUT2D eigenvalue weighted by atomic mass is 10.3. The molecule has 0 unspecified atom stereocenters. The van der Waals surface area contributed by atoms with Crippen molar-refractivity contribution in [2.24, 2.45) is 5.11 Å². The van der Waals surface area contributed by atoms with Crippen molar-refractivity contribution in [1.82, 2.24) is 5.32 Å². The molecule has 0 aliphatic heterocycles. The van der Waals surface area contributed by atoms with Gasteiger partial charge in [-0.25, -0.2) is 0 Å². The number of carbonyl (C=O) groups is 1. The van der Waals surface area contributed by atoms with Crippen LogP contribution in [0.2, 0.25) is 0 Å². The van der Waals surface area contributed by atoms with Crippen LogP contribution in [0, 0.1) is 0 Å². The Morgan fingerprint density at radius 3 is 3.00 bits per heavy atom. The Morgan fingerprint density at radius 2 is 2.38 bits per heavy atom. The zero-order chi connectivity index (χ0) is 11.8. The molecule has 1 aromatic rings. The summed E-state index contributed by atoms with van der Waals surface area (Å²) < 4.78 is 5.61. The highest BCUT2D eigenvalue weighted by Gasteiger charge is 2.08. The van der Waals surface area contributed by atoms with Crippen LogP contribution in [0.3, 0.4) is 0 Å². The summed E-state index contributed by atoms with van der Waals surface area (Å²) in [5, 5.41) is 6.09. The molecule has 0 bridgehead atoms. The monoisotopic (exact) mass is 286 g/mol. The molecule has 1 rings (SSSR count). The summed E-state index contributed by atoms with van der Waals surface area (Å²) in [6.07, 6.45) is 1.53. The van der Waals surface area contributed by atoms with Gasteiger partial charge in [-0.2, -0.15) is 0 Å². The standard InChI is InChI=1S/C9H11BrN4O2/c10-8-4-3-7(16-8)9(15)12-5-1-2-6-13-14-11/h3-4H,1-2,5-6H2,(H,12,15). The molecule has 86 valence electrons. The molecule has 0 atom stereocenters. The summed E-state index contributed by atoms with van der Waals surface area (Å²) in [7, 11) is 0. The largest absolute Gasteiger partial charge is 0.444 e. The summed E-state index contributed by atoms with van der Waals surface area (Å²) in [5.74, 6) is 0.0383. The van der Waals surface area contributed by atoms with Crippen LogP contribution in [-0.2, 0) is 0 Å². The van der Waals surface area contributed by atoms with E-state index >= 15 is 0 Å². The molecular weight excluding hydrogens is 276 g/mol. The van der Waals surface area contributed by atoms with Crippen LogP contribution < -0.4 is 5.32 Å². The van der Waals surface area contributed by atoms with E-state index in [1.165, 1.54) is 0 Å². The lowest BCUT2D eigenvalue weighted by Crippen LogP contribution is -2.23. The quantitative estimate of drug-likeness (QED) is 0.377. The van der Waals surface area contributed by atoms with E-state index in [9.17, 15) is 4.79 Å². The lowest BCUT2D eigenvalue weighted by molar-refractivity contribution is 0.0924. The molecule has 1 aromatic heterocycles. The Labute approximate surface area is 101 Å². The van der Waals surface area contributed by atoms with Crippen molar-refractivity contribution in [1.29, 1.82) is 0 Å². The highest BCUT2D eigenvalue weighted by molar-refractivity contribution is 9.10. The van der Waals surface area contributed by atoms with Gasteiger partial charge in [0.1, 0.15) is 0 Å². The summed E-state index contributed by atoms with van der Waals surface area (Å²) >= 11 is 3.12. The number of hydrogen-bond donors (Lipinski definition) is 1. The van der Waals surface area contributed by atoms with Gasteiger partial charge in [-0.1, -0.05) is 5.11 Å². The van der Waals surface area contributed by atoms with Gasteiger partial charge in [0.2, 0.25) is 0 Å². The minimum Gasteiger partial charge on any atom is -0.444 e. The topological polar surface area (TPSA) is 91.0 Å². The van der Waals surface area contributed by atoms with Crippen molar-refractivity contribution in [3.05, 3.63) is 33.0 Å². The van der Waals surface area contributed by atoms with Crippen molar-refractivity contribution in [2.75, 3.05) is 13.1 Å². The first kappa shape index (κ1) is 12.6.